The monoisotopic (exact) mass is 340 g/mol. The van der Waals surface area contributed by atoms with Crippen LogP contribution in [-0.2, 0) is 0 Å². The van der Waals surface area contributed by atoms with Gasteiger partial charge in [0.25, 0.3) is 11.8 Å². The second-order valence-corrected chi connectivity index (χ2v) is 6.37. The third kappa shape index (κ3) is 4.05. The molecule has 130 valence electrons. The van der Waals surface area contributed by atoms with Crippen LogP contribution in [0.5, 0.6) is 0 Å². The van der Waals surface area contributed by atoms with Gasteiger partial charge in [0, 0.05) is 30.3 Å². The Hall–Kier alpha value is -2.69. The van der Waals surface area contributed by atoms with Gasteiger partial charge in [0.1, 0.15) is 5.82 Å². The van der Waals surface area contributed by atoms with Gasteiger partial charge >= 0.3 is 0 Å². The fraction of sp³-hybridized carbons (Fsp3) is 0.300. The molecule has 0 aromatic heterocycles. The van der Waals surface area contributed by atoms with Crippen molar-refractivity contribution in [3.63, 3.8) is 0 Å². The third-order valence-corrected chi connectivity index (χ3v) is 4.58. The number of benzene rings is 2. The maximum Gasteiger partial charge on any atom is 0.253 e. The van der Waals surface area contributed by atoms with E-state index in [9.17, 15) is 14.0 Å². The molecule has 1 aliphatic rings. The molecule has 2 aromatic rings. The molecule has 5 heteroatoms. The Morgan fingerprint density at radius 3 is 2.48 bits per heavy atom. The number of hydrogen-bond donors (Lipinski definition) is 1. The summed E-state index contributed by atoms with van der Waals surface area (Å²) in [5.41, 5.74) is 1.99. The zero-order valence-corrected chi connectivity index (χ0v) is 14.2. The zero-order valence-electron chi connectivity index (χ0n) is 14.2. The standard InChI is InChI=1S/C20H21FN2O2/c1-14-5-2-3-8-18(14)19(24)22-17-9-11-23(12-10-17)20(25)15-6-4-7-16(21)13-15/h2-8,13,17H,9-12H2,1H3,(H,22,24). The number of carbonyl (C=O) groups excluding carboxylic acids is 2. The summed E-state index contributed by atoms with van der Waals surface area (Å²) < 4.78 is 13.3. The maximum atomic E-state index is 13.3. The molecule has 1 N–H and O–H groups in total. The van der Waals surface area contributed by atoms with E-state index < -0.39 is 5.82 Å². The predicted octanol–water partition coefficient (Wildman–Crippen LogP) is 3.17. The minimum absolute atomic E-state index is 0.0451. The summed E-state index contributed by atoms with van der Waals surface area (Å²) in [5.74, 6) is -0.651. The summed E-state index contributed by atoms with van der Waals surface area (Å²) in [5, 5.41) is 3.05. The number of aryl methyl sites for hydroxylation is 1. The molecule has 0 unspecified atom stereocenters. The molecule has 0 atom stereocenters. The smallest absolute Gasteiger partial charge is 0.253 e. The lowest BCUT2D eigenvalue weighted by atomic mass is 10.0. The van der Waals surface area contributed by atoms with E-state index in [-0.39, 0.29) is 17.9 Å². The Kier molecular flexibility index (Phi) is 5.12. The van der Waals surface area contributed by atoms with E-state index >= 15 is 0 Å². The van der Waals surface area contributed by atoms with Crippen LogP contribution in [0.25, 0.3) is 0 Å². The number of amides is 2. The fourth-order valence-corrected chi connectivity index (χ4v) is 3.12. The molecular formula is C20H21FN2O2. The van der Waals surface area contributed by atoms with Crippen molar-refractivity contribution in [1.82, 2.24) is 10.2 Å². The molecule has 1 fully saturated rings. The van der Waals surface area contributed by atoms with Gasteiger partial charge in [-0.25, -0.2) is 4.39 Å². The molecule has 0 aliphatic carbocycles. The van der Waals surface area contributed by atoms with Crippen LogP contribution in [0.4, 0.5) is 4.39 Å². The van der Waals surface area contributed by atoms with Gasteiger partial charge in [-0.1, -0.05) is 24.3 Å². The lowest BCUT2D eigenvalue weighted by Gasteiger charge is -2.32. The molecule has 0 saturated carbocycles. The Morgan fingerprint density at radius 2 is 1.80 bits per heavy atom. The highest BCUT2D eigenvalue weighted by atomic mass is 19.1. The average molecular weight is 340 g/mol. The van der Waals surface area contributed by atoms with Crippen molar-refractivity contribution in [3.05, 3.63) is 71.0 Å². The van der Waals surface area contributed by atoms with Gasteiger partial charge in [-0.2, -0.15) is 0 Å². The van der Waals surface area contributed by atoms with Gasteiger partial charge in [-0.15, -0.1) is 0 Å². The maximum absolute atomic E-state index is 13.3. The Morgan fingerprint density at radius 1 is 1.08 bits per heavy atom. The summed E-state index contributed by atoms with van der Waals surface area (Å²) in [4.78, 5) is 26.5. The van der Waals surface area contributed by atoms with E-state index in [0.29, 0.717) is 37.1 Å². The average Bonchev–Trinajstić information content (AvgIpc) is 2.62. The quantitative estimate of drug-likeness (QED) is 0.933. The second kappa shape index (κ2) is 7.47. The van der Waals surface area contributed by atoms with Crippen LogP contribution in [0.3, 0.4) is 0 Å². The van der Waals surface area contributed by atoms with Crippen molar-refractivity contribution < 1.29 is 14.0 Å². The van der Waals surface area contributed by atoms with E-state index in [1.54, 1.807) is 11.0 Å². The highest BCUT2D eigenvalue weighted by molar-refractivity contribution is 5.96. The van der Waals surface area contributed by atoms with Crippen LogP contribution in [-0.4, -0.2) is 35.8 Å². The van der Waals surface area contributed by atoms with Gasteiger partial charge in [0.15, 0.2) is 0 Å². The fourth-order valence-electron chi connectivity index (χ4n) is 3.12. The van der Waals surface area contributed by atoms with Crippen molar-refractivity contribution in [2.24, 2.45) is 0 Å². The van der Waals surface area contributed by atoms with E-state index in [4.69, 9.17) is 0 Å². The number of likely N-dealkylation sites (tertiary alicyclic amines) is 1. The van der Waals surface area contributed by atoms with Crippen LogP contribution in [0.15, 0.2) is 48.5 Å². The van der Waals surface area contributed by atoms with Gasteiger partial charge in [0.2, 0.25) is 0 Å². The van der Waals surface area contributed by atoms with E-state index in [0.717, 1.165) is 5.56 Å². The van der Waals surface area contributed by atoms with E-state index in [2.05, 4.69) is 5.32 Å². The number of rotatable bonds is 3. The minimum Gasteiger partial charge on any atom is -0.349 e. The van der Waals surface area contributed by atoms with Crippen LogP contribution >= 0.6 is 0 Å². The predicted molar refractivity (Wildman–Crippen MR) is 94.0 cm³/mol. The molecule has 1 aliphatic heterocycles. The van der Waals surface area contributed by atoms with Gasteiger partial charge in [-0.3, -0.25) is 9.59 Å². The van der Waals surface area contributed by atoms with E-state index in [1.807, 2.05) is 31.2 Å². The Balaban J connectivity index is 1.56. The molecule has 2 amide bonds. The summed E-state index contributed by atoms with van der Waals surface area (Å²) in [7, 11) is 0. The van der Waals surface area contributed by atoms with Crippen LogP contribution in [0.2, 0.25) is 0 Å². The topological polar surface area (TPSA) is 49.4 Å². The number of nitrogens with one attached hydrogen (secondary N) is 1. The second-order valence-electron chi connectivity index (χ2n) is 6.37. The van der Waals surface area contributed by atoms with Gasteiger partial charge in [0.05, 0.1) is 0 Å². The molecular weight excluding hydrogens is 319 g/mol. The third-order valence-electron chi connectivity index (χ3n) is 4.58. The van der Waals surface area contributed by atoms with Crippen LogP contribution in [0.1, 0.15) is 39.1 Å². The molecule has 25 heavy (non-hydrogen) atoms. The number of halogens is 1. The summed E-state index contributed by atoms with van der Waals surface area (Å²) in [6.07, 6.45) is 1.39. The van der Waals surface area contributed by atoms with Crippen LogP contribution < -0.4 is 5.32 Å². The lowest BCUT2D eigenvalue weighted by molar-refractivity contribution is 0.0697. The molecule has 2 aromatic carbocycles. The first-order valence-electron chi connectivity index (χ1n) is 8.46. The molecule has 1 heterocycles. The molecule has 0 bridgehead atoms. The Bertz CT molecular complexity index is 783. The largest absolute Gasteiger partial charge is 0.349 e. The van der Waals surface area contributed by atoms with Crippen LogP contribution in [0, 0.1) is 12.7 Å². The first kappa shape index (κ1) is 17.1. The SMILES string of the molecule is Cc1ccccc1C(=O)NC1CCN(C(=O)c2cccc(F)c2)CC1. The summed E-state index contributed by atoms with van der Waals surface area (Å²) in [6, 6.07) is 13.3. The molecule has 4 nitrogen and oxygen atoms in total. The Labute approximate surface area is 146 Å². The number of hydrogen-bond acceptors (Lipinski definition) is 2. The number of piperidine rings is 1. The highest BCUT2D eigenvalue weighted by Crippen LogP contribution is 2.16. The van der Waals surface area contributed by atoms with Crippen molar-refractivity contribution >= 4 is 11.8 Å². The van der Waals surface area contributed by atoms with Crippen molar-refractivity contribution in [2.75, 3.05) is 13.1 Å². The summed E-state index contributed by atoms with van der Waals surface area (Å²) >= 11 is 0. The highest BCUT2D eigenvalue weighted by Gasteiger charge is 2.25. The van der Waals surface area contributed by atoms with Crippen molar-refractivity contribution in [3.8, 4) is 0 Å². The molecule has 0 spiro atoms. The van der Waals surface area contributed by atoms with Gasteiger partial charge < -0.3 is 10.2 Å². The van der Waals surface area contributed by atoms with Crippen molar-refractivity contribution in [2.45, 2.75) is 25.8 Å². The zero-order chi connectivity index (χ0) is 17.8. The minimum atomic E-state index is -0.411. The number of carbonyl (C=O) groups is 2. The first-order valence-corrected chi connectivity index (χ1v) is 8.46. The van der Waals surface area contributed by atoms with E-state index in [1.165, 1.54) is 18.2 Å². The lowest BCUT2D eigenvalue weighted by Crippen LogP contribution is -2.46. The van der Waals surface area contributed by atoms with Crippen molar-refractivity contribution in [1.29, 1.82) is 0 Å². The first-order chi connectivity index (χ1) is 12.0. The molecule has 3 rings (SSSR count). The number of nitrogens with zero attached hydrogens (tertiary/aromatic N) is 1. The normalized spacial score (nSPS) is 15.0. The molecule has 1 saturated heterocycles. The molecule has 0 radical (unpaired) electrons. The van der Waals surface area contributed by atoms with Gasteiger partial charge in [-0.05, 0) is 49.6 Å². The summed E-state index contributed by atoms with van der Waals surface area (Å²) in [6.45, 7) is 3.01.